The zero-order chi connectivity index (χ0) is 4.12. The van der Waals surface area contributed by atoms with Gasteiger partial charge in [-0.2, -0.15) is 0 Å². The molecule has 0 aliphatic heterocycles. The van der Waals surface area contributed by atoms with E-state index in [4.69, 9.17) is 17.0 Å². The van der Waals surface area contributed by atoms with Crippen LogP contribution in [0.25, 0.3) is 4.98 Å². The lowest BCUT2D eigenvalue weighted by molar-refractivity contribution is 0.824. The highest BCUT2D eigenvalue weighted by molar-refractivity contribution is 6.18. The molecule has 1 N–H and O–H groups in total. The van der Waals surface area contributed by atoms with Crippen LogP contribution in [0.15, 0.2) is 0 Å². The molecule has 0 heterocycles. The minimum Gasteiger partial charge on any atom is -0.870 e. The third kappa shape index (κ3) is 9.38. The molecule has 0 atom stereocenters. The number of hydrogen-bond acceptors (Lipinski definition) is 2. The molecule has 0 aliphatic carbocycles. The van der Waals surface area contributed by atoms with Crippen molar-refractivity contribution in [3.8, 4) is 0 Å². The van der Waals surface area contributed by atoms with E-state index in [0.29, 0.717) is 12.4 Å². The minimum atomic E-state index is 0. The summed E-state index contributed by atoms with van der Waals surface area (Å²) in [6.07, 6.45) is 0. The lowest BCUT2D eigenvalue weighted by atomic mass is 10.8. The van der Waals surface area contributed by atoms with Crippen LogP contribution in [0.5, 0.6) is 0 Å². The Labute approximate surface area is 40.8 Å². The predicted octanol–water partition coefficient (Wildman–Crippen LogP) is 0.901. The van der Waals surface area contributed by atoms with E-state index >= 15 is 0 Å². The normalized spacial score (nSPS) is 5.33. The van der Waals surface area contributed by atoms with Crippen molar-refractivity contribution in [2.24, 2.45) is 0 Å². The van der Waals surface area contributed by atoms with Crippen LogP contribution < -0.4 is 0 Å². The summed E-state index contributed by atoms with van der Waals surface area (Å²) in [6.45, 7) is 0.335. The lowest BCUT2D eigenvalue weighted by Crippen LogP contribution is -1.69. The first kappa shape index (κ1) is 9.18. The van der Waals surface area contributed by atoms with Gasteiger partial charge in [0.15, 0.2) is 0 Å². The molecule has 0 fully saturated rings. The maximum atomic E-state index is 7.61. The van der Waals surface area contributed by atoms with Crippen molar-refractivity contribution in [3.63, 3.8) is 0 Å². The highest BCUT2D eigenvalue weighted by Crippen LogP contribution is 1.71. The van der Waals surface area contributed by atoms with Gasteiger partial charge >= 0.3 is 6.54 Å². The van der Waals surface area contributed by atoms with Crippen LogP contribution in [-0.4, -0.2) is 17.9 Å². The first-order valence-corrected chi connectivity index (χ1v) is 1.82. The molecule has 4 heteroatoms. The zero-order valence-electron chi connectivity index (χ0n) is 3.13. The number of hydrogen-bond donors (Lipinski definition) is 0. The summed E-state index contributed by atoms with van der Waals surface area (Å²) in [5.74, 6) is 0.399. The Morgan fingerprint density at radius 1 is 1.67 bits per heavy atom. The third-order valence-corrected chi connectivity index (χ3v) is 0.354. The first-order chi connectivity index (χ1) is 2.41. The number of nitrogens with zero attached hydrogens (tertiary/aromatic N) is 2. The molecule has 0 unspecified atom stereocenters. The smallest absolute Gasteiger partial charge is 0.318 e. The van der Waals surface area contributed by atoms with Crippen LogP contribution in [0.2, 0.25) is 0 Å². The predicted molar refractivity (Wildman–Crippen MR) is 22.6 cm³/mol. The van der Waals surface area contributed by atoms with Crippen LogP contribution in [0, 0.1) is 5.39 Å². The van der Waals surface area contributed by atoms with Gasteiger partial charge in [0.25, 0.3) is 0 Å². The van der Waals surface area contributed by atoms with E-state index in [0.717, 1.165) is 0 Å². The van der Waals surface area contributed by atoms with E-state index in [1.807, 2.05) is 0 Å². The summed E-state index contributed by atoms with van der Waals surface area (Å²) in [5, 5.41) is 7.61. The van der Waals surface area contributed by atoms with Crippen LogP contribution in [0.4, 0.5) is 0 Å². The molecule has 0 radical (unpaired) electrons. The molecule has 0 aromatic heterocycles. The van der Waals surface area contributed by atoms with E-state index in [1.54, 1.807) is 0 Å². The van der Waals surface area contributed by atoms with Crippen LogP contribution in [-0.2, 0) is 0 Å². The zero-order valence-corrected chi connectivity index (χ0v) is 3.89. The van der Waals surface area contributed by atoms with Gasteiger partial charge in [-0.05, 0) is 0 Å². The minimum absolute atomic E-state index is 0. The molecular weight excluding hydrogens is 103 g/mol. The fourth-order valence-corrected chi connectivity index (χ4v) is 0.113. The van der Waals surface area contributed by atoms with E-state index in [9.17, 15) is 0 Å². The summed E-state index contributed by atoms with van der Waals surface area (Å²) >= 11 is 5.05. The van der Waals surface area contributed by atoms with Crippen molar-refractivity contribution in [1.29, 1.82) is 5.39 Å². The Hall–Kier alpha value is -0.330. The van der Waals surface area contributed by atoms with E-state index in [1.165, 1.54) is 0 Å². The fourth-order valence-electron chi connectivity index (χ4n) is 0.0378. The first-order valence-electron chi connectivity index (χ1n) is 1.28. The standard InChI is InChI=1S/C2H4ClN2.H2O/c3-1-2-5-4;/h1-2H2;1H2/q+1;/p-1. The van der Waals surface area contributed by atoms with Gasteiger partial charge in [-0.25, -0.2) is 0 Å². The molecule has 0 bridgehead atoms. The van der Waals surface area contributed by atoms with Gasteiger partial charge in [0, 0.05) is 0 Å². The number of rotatable bonds is 1. The van der Waals surface area contributed by atoms with Gasteiger partial charge in [-0.15, -0.1) is 11.6 Å². The SMILES string of the molecule is N#[N+]CCCl.[OH-]. The molecule has 0 aliphatic rings. The molecule has 0 amide bonds. The highest BCUT2D eigenvalue weighted by atomic mass is 35.5. The van der Waals surface area contributed by atoms with Gasteiger partial charge in [-0.3, -0.25) is 0 Å². The van der Waals surface area contributed by atoms with Crippen molar-refractivity contribution < 1.29 is 5.48 Å². The molecule has 0 aromatic carbocycles. The number of alkyl halides is 1. The van der Waals surface area contributed by atoms with Crippen molar-refractivity contribution >= 4 is 11.6 Å². The van der Waals surface area contributed by atoms with Gasteiger partial charge < -0.3 is 5.48 Å². The number of halogens is 1. The molecule has 0 saturated carbocycles. The molecule has 0 rings (SSSR count). The van der Waals surface area contributed by atoms with E-state index < -0.39 is 0 Å². The third-order valence-electron chi connectivity index (χ3n) is 0.185. The van der Waals surface area contributed by atoms with Gasteiger partial charge in [0.1, 0.15) is 10.9 Å². The summed E-state index contributed by atoms with van der Waals surface area (Å²) < 4.78 is 0. The van der Waals surface area contributed by atoms with Crippen LogP contribution in [0.3, 0.4) is 0 Å². The van der Waals surface area contributed by atoms with Crippen LogP contribution >= 0.6 is 11.6 Å². The Kier molecular flexibility index (Phi) is 13.5. The topological polar surface area (TPSA) is 58.1 Å². The quantitative estimate of drug-likeness (QED) is 0.370. The Bertz CT molecular complexity index is 50.0. The molecule has 3 nitrogen and oxygen atoms in total. The van der Waals surface area contributed by atoms with Crippen molar-refractivity contribution in [2.75, 3.05) is 12.4 Å². The average Bonchev–Trinajstić information content (AvgIpc) is 1.41. The monoisotopic (exact) mass is 108 g/mol. The molecule has 36 valence electrons. The van der Waals surface area contributed by atoms with Crippen molar-refractivity contribution in [1.82, 2.24) is 0 Å². The Morgan fingerprint density at radius 2 is 2.17 bits per heavy atom. The summed E-state index contributed by atoms with van der Waals surface area (Å²) in [6, 6.07) is 0. The number of diazo groups is 1. The van der Waals surface area contributed by atoms with Gasteiger partial charge in [0.2, 0.25) is 5.39 Å². The Balaban J connectivity index is 0. The maximum Gasteiger partial charge on any atom is 0.318 e. The Morgan fingerprint density at radius 3 is 2.17 bits per heavy atom. The second kappa shape index (κ2) is 8.82. The molecule has 0 aromatic rings. The molecule has 6 heavy (non-hydrogen) atoms. The fraction of sp³-hybridized carbons (Fsp3) is 1.00. The molecule has 0 saturated heterocycles. The molecular formula is C2H5ClN2O. The molecule has 0 spiro atoms. The van der Waals surface area contributed by atoms with Gasteiger partial charge in [-0.1, -0.05) is 0 Å². The summed E-state index contributed by atoms with van der Waals surface area (Å²) in [7, 11) is 0. The van der Waals surface area contributed by atoms with Crippen molar-refractivity contribution in [2.45, 2.75) is 0 Å². The summed E-state index contributed by atoms with van der Waals surface area (Å²) in [4.78, 5) is 2.72. The second-order valence-electron chi connectivity index (χ2n) is 0.554. The summed E-state index contributed by atoms with van der Waals surface area (Å²) in [5.41, 5.74) is 0. The van der Waals surface area contributed by atoms with Crippen LogP contribution in [0.1, 0.15) is 0 Å². The lowest BCUT2D eigenvalue weighted by Gasteiger charge is -1.51. The largest absolute Gasteiger partial charge is 0.870 e. The van der Waals surface area contributed by atoms with Crippen molar-refractivity contribution in [3.05, 3.63) is 4.98 Å². The maximum absolute atomic E-state index is 7.61. The van der Waals surface area contributed by atoms with E-state index in [-0.39, 0.29) is 5.48 Å². The average molecular weight is 109 g/mol. The van der Waals surface area contributed by atoms with Gasteiger partial charge in [0.05, 0.1) is 0 Å². The second-order valence-corrected chi connectivity index (χ2v) is 0.932. The highest BCUT2D eigenvalue weighted by Gasteiger charge is 1.82. The van der Waals surface area contributed by atoms with E-state index in [2.05, 4.69) is 4.98 Å².